The lowest BCUT2D eigenvalue weighted by Crippen LogP contribution is -2.27. The minimum absolute atomic E-state index is 0.226. The van der Waals surface area contributed by atoms with E-state index in [0.717, 1.165) is 5.56 Å². The first-order valence-corrected chi connectivity index (χ1v) is 9.46. The molecule has 3 rings (SSSR count). The van der Waals surface area contributed by atoms with Gasteiger partial charge in [0.1, 0.15) is 23.0 Å². The predicted molar refractivity (Wildman–Crippen MR) is 115 cm³/mol. The fourth-order valence-electron chi connectivity index (χ4n) is 2.72. The smallest absolute Gasteiger partial charge is 0.270 e. The van der Waals surface area contributed by atoms with Crippen LogP contribution in [0.4, 0.5) is 5.69 Å². The van der Waals surface area contributed by atoms with Crippen LogP contribution in [0.25, 0.3) is 6.08 Å². The van der Waals surface area contributed by atoms with E-state index >= 15 is 0 Å². The SMILES string of the molecule is COc1ccc(/C=C2\SC(=S)N(c3ccc(OC)cc3OC)C2=O)c(OC)c1. The number of rotatable bonds is 6. The Morgan fingerprint density at radius 3 is 2.11 bits per heavy atom. The van der Waals surface area contributed by atoms with E-state index in [4.69, 9.17) is 31.2 Å². The summed E-state index contributed by atoms with van der Waals surface area (Å²) in [5.74, 6) is 2.18. The van der Waals surface area contributed by atoms with E-state index in [1.54, 1.807) is 51.7 Å². The molecule has 1 heterocycles. The maximum atomic E-state index is 13.1. The number of nitrogens with zero attached hydrogens (tertiary/aromatic N) is 1. The van der Waals surface area contributed by atoms with Crippen molar-refractivity contribution in [2.24, 2.45) is 0 Å². The number of benzene rings is 2. The highest BCUT2D eigenvalue weighted by Crippen LogP contribution is 2.41. The number of hydrogen-bond acceptors (Lipinski definition) is 7. The van der Waals surface area contributed by atoms with Crippen LogP contribution < -0.4 is 23.8 Å². The van der Waals surface area contributed by atoms with Gasteiger partial charge in [-0.3, -0.25) is 9.69 Å². The summed E-state index contributed by atoms with van der Waals surface area (Å²) in [7, 11) is 6.26. The van der Waals surface area contributed by atoms with Crippen molar-refractivity contribution in [2.75, 3.05) is 33.3 Å². The molecule has 0 aromatic heterocycles. The third-order valence-electron chi connectivity index (χ3n) is 4.15. The molecule has 2 aromatic rings. The van der Waals surface area contributed by atoms with Crippen molar-refractivity contribution < 1.29 is 23.7 Å². The van der Waals surface area contributed by atoms with Crippen LogP contribution in [0.1, 0.15) is 5.56 Å². The van der Waals surface area contributed by atoms with Crippen LogP contribution in [0.2, 0.25) is 0 Å². The summed E-state index contributed by atoms with van der Waals surface area (Å²) in [6, 6.07) is 10.6. The Morgan fingerprint density at radius 1 is 0.893 bits per heavy atom. The summed E-state index contributed by atoms with van der Waals surface area (Å²) >= 11 is 6.68. The molecule has 1 aliphatic heterocycles. The highest BCUT2D eigenvalue weighted by Gasteiger charge is 2.35. The number of methoxy groups -OCH3 is 4. The van der Waals surface area contributed by atoms with Crippen LogP contribution in [0, 0.1) is 0 Å². The van der Waals surface area contributed by atoms with Crippen LogP contribution in [0.3, 0.4) is 0 Å². The van der Waals surface area contributed by atoms with Gasteiger partial charge in [0, 0.05) is 17.7 Å². The molecule has 0 bridgehead atoms. The summed E-state index contributed by atoms with van der Waals surface area (Å²) in [5, 5.41) is 0. The summed E-state index contributed by atoms with van der Waals surface area (Å²) in [4.78, 5) is 15.0. The molecule has 0 aliphatic carbocycles. The predicted octanol–water partition coefficient (Wildman–Crippen LogP) is 4.13. The summed E-state index contributed by atoms with van der Waals surface area (Å²) in [5.41, 5.74) is 1.32. The fourth-order valence-corrected chi connectivity index (χ4v) is 4.00. The van der Waals surface area contributed by atoms with Gasteiger partial charge >= 0.3 is 0 Å². The zero-order valence-corrected chi connectivity index (χ0v) is 17.5. The first-order valence-electron chi connectivity index (χ1n) is 8.24. The van der Waals surface area contributed by atoms with Gasteiger partial charge in [0.15, 0.2) is 4.32 Å². The van der Waals surface area contributed by atoms with E-state index in [9.17, 15) is 4.79 Å². The minimum atomic E-state index is -0.226. The molecule has 0 unspecified atom stereocenters. The van der Waals surface area contributed by atoms with E-state index in [2.05, 4.69) is 0 Å². The minimum Gasteiger partial charge on any atom is -0.497 e. The Morgan fingerprint density at radius 2 is 1.50 bits per heavy atom. The van der Waals surface area contributed by atoms with Gasteiger partial charge < -0.3 is 18.9 Å². The van der Waals surface area contributed by atoms with E-state index in [-0.39, 0.29) is 5.91 Å². The van der Waals surface area contributed by atoms with Gasteiger partial charge in [-0.05, 0) is 30.3 Å². The Balaban J connectivity index is 1.98. The normalized spacial score (nSPS) is 15.1. The van der Waals surface area contributed by atoms with Crippen molar-refractivity contribution in [3.63, 3.8) is 0 Å². The highest BCUT2D eigenvalue weighted by molar-refractivity contribution is 8.27. The van der Waals surface area contributed by atoms with Crippen LogP contribution in [0.5, 0.6) is 23.0 Å². The maximum Gasteiger partial charge on any atom is 0.270 e. The number of carbonyl (C=O) groups is 1. The van der Waals surface area contributed by atoms with Gasteiger partial charge in [-0.1, -0.05) is 24.0 Å². The van der Waals surface area contributed by atoms with Crippen molar-refractivity contribution in [2.45, 2.75) is 0 Å². The average molecular weight is 418 g/mol. The molecule has 1 saturated heterocycles. The molecule has 1 aliphatic rings. The van der Waals surface area contributed by atoms with E-state index in [1.165, 1.54) is 23.8 Å². The number of anilines is 1. The lowest BCUT2D eigenvalue weighted by atomic mass is 10.1. The van der Waals surface area contributed by atoms with Crippen molar-refractivity contribution in [3.05, 3.63) is 46.9 Å². The second kappa shape index (κ2) is 8.53. The van der Waals surface area contributed by atoms with Gasteiger partial charge in [-0.15, -0.1) is 0 Å². The summed E-state index contributed by atoms with van der Waals surface area (Å²) in [6.45, 7) is 0. The molecule has 2 aromatic carbocycles. The topological polar surface area (TPSA) is 57.2 Å². The van der Waals surface area contributed by atoms with Crippen molar-refractivity contribution >= 4 is 46.0 Å². The molecule has 0 spiro atoms. The number of thioether (sulfide) groups is 1. The third-order valence-corrected chi connectivity index (χ3v) is 5.45. The van der Waals surface area contributed by atoms with Crippen LogP contribution in [-0.2, 0) is 4.79 Å². The number of hydrogen-bond donors (Lipinski definition) is 0. The monoisotopic (exact) mass is 417 g/mol. The molecule has 28 heavy (non-hydrogen) atoms. The van der Waals surface area contributed by atoms with E-state index in [0.29, 0.717) is 37.9 Å². The first-order chi connectivity index (χ1) is 13.5. The standard InChI is InChI=1S/C20H19NO5S2/c1-23-13-6-5-12(16(10-13)25-3)9-18-19(22)21(20(27)28-18)15-8-7-14(24-2)11-17(15)26-4/h5-11H,1-4H3/b18-9-. The Kier molecular flexibility index (Phi) is 6.11. The van der Waals surface area contributed by atoms with Crippen molar-refractivity contribution in [1.82, 2.24) is 0 Å². The quantitative estimate of drug-likeness (QED) is 0.517. The molecule has 0 N–H and O–H groups in total. The van der Waals surface area contributed by atoms with Crippen LogP contribution in [-0.4, -0.2) is 38.7 Å². The number of amides is 1. The highest BCUT2D eigenvalue weighted by atomic mass is 32.2. The second-order valence-electron chi connectivity index (χ2n) is 5.66. The Labute approximate surface area is 173 Å². The molecule has 0 saturated carbocycles. The zero-order chi connectivity index (χ0) is 20.3. The van der Waals surface area contributed by atoms with Crippen LogP contribution in [0.15, 0.2) is 41.3 Å². The summed E-state index contributed by atoms with van der Waals surface area (Å²) < 4.78 is 21.7. The zero-order valence-electron chi connectivity index (χ0n) is 15.8. The van der Waals surface area contributed by atoms with Gasteiger partial charge in [-0.2, -0.15) is 0 Å². The van der Waals surface area contributed by atoms with Gasteiger partial charge in [-0.25, -0.2) is 0 Å². The van der Waals surface area contributed by atoms with Gasteiger partial charge in [0.05, 0.1) is 39.0 Å². The average Bonchev–Trinajstić information content (AvgIpc) is 3.00. The molecule has 0 atom stereocenters. The lowest BCUT2D eigenvalue weighted by molar-refractivity contribution is -0.113. The molecular weight excluding hydrogens is 398 g/mol. The molecular formula is C20H19NO5S2. The molecule has 1 amide bonds. The largest absolute Gasteiger partial charge is 0.497 e. The third kappa shape index (κ3) is 3.79. The molecule has 0 radical (unpaired) electrons. The van der Waals surface area contributed by atoms with Gasteiger partial charge in [0.2, 0.25) is 0 Å². The molecule has 146 valence electrons. The lowest BCUT2D eigenvalue weighted by Gasteiger charge is -2.18. The fraction of sp³-hybridized carbons (Fsp3) is 0.200. The van der Waals surface area contributed by atoms with Gasteiger partial charge in [0.25, 0.3) is 5.91 Å². The van der Waals surface area contributed by atoms with Crippen molar-refractivity contribution in [1.29, 1.82) is 0 Å². The number of thiocarbonyl (C=S) groups is 1. The van der Waals surface area contributed by atoms with Crippen LogP contribution >= 0.6 is 24.0 Å². The molecule has 1 fully saturated rings. The first kappa shape index (κ1) is 20.0. The number of carbonyl (C=O) groups excluding carboxylic acids is 1. The Bertz CT molecular complexity index is 958. The maximum absolute atomic E-state index is 13.1. The van der Waals surface area contributed by atoms with E-state index < -0.39 is 0 Å². The second-order valence-corrected chi connectivity index (χ2v) is 7.34. The summed E-state index contributed by atoms with van der Waals surface area (Å²) in [6.07, 6.45) is 1.76. The number of ether oxygens (including phenoxy) is 4. The molecule has 6 nitrogen and oxygen atoms in total. The van der Waals surface area contributed by atoms with Crippen molar-refractivity contribution in [3.8, 4) is 23.0 Å². The Hall–Kier alpha value is -2.71. The van der Waals surface area contributed by atoms with E-state index in [1.807, 2.05) is 12.1 Å². The molecule has 8 heteroatoms.